The molecule has 0 spiro atoms. The third-order valence-corrected chi connectivity index (χ3v) is 6.17. The van der Waals surface area contributed by atoms with E-state index >= 15 is 0 Å². The summed E-state index contributed by atoms with van der Waals surface area (Å²) in [5.41, 5.74) is 11.8. The number of nitrogens with zero attached hydrogens (tertiary/aromatic N) is 2. The summed E-state index contributed by atoms with van der Waals surface area (Å²) in [7, 11) is 0. The number of nitrogen functional groups attached to an aromatic ring is 1. The molecule has 3 rings (SSSR count). The summed E-state index contributed by atoms with van der Waals surface area (Å²) in [6.07, 6.45) is 0. The number of thioether (sulfide) groups is 1. The number of aromatic nitrogens is 1. The van der Waals surface area contributed by atoms with Crippen molar-refractivity contribution in [2.75, 3.05) is 18.1 Å². The van der Waals surface area contributed by atoms with E-state index in [1.165, 1.54) is 18.7 Å². The molecule has 3 atom stereocenters. The fourth-order valence-electron chi connectivity index (χ4n) is 2.80. The minimum absolute atomic E-state index is 0.215. The maximum Gasteiger partial charge on any atom is 0.352 e. The first kappa shape index (κ1) is 20.1. The number of carbonyl (C=O) groups is 4. The first-order chi connectivity index (χ1) is 13.2. The average molecular weight is 427 g/mol. The van der Waals surface area contributed by atoms with E-state index in [9.17, 15) is 24.3 Å². The Kier molecular flexibility index (Phi) is 5.58. The van der Waals surface area contributed by atoms with Gasteiger partial charge in [-0.15, -0.1) is 23.1 Å². The molecular weight excluding hydrogens is 410 g/mol. The Hall–Kier alpha value is -2.64. The molecule has 2 aliphatic heterocycles. The number of carboxylic acid groups (broad SMARTS) is 1. The summed E-state index contributed by atoms with van der Waals surface area (Å²) in [5, 5.41) is 13.3. The molecule has 1 saturated heterocycles. The molecule has 0 saturated carbocycles. The van der Waals surface area contributed by atoms with Gasteiger partial charge in [0.1, 0.15) is 29.8 Å². The monoisotopic (exact) mass is 427 g/mol. The van der Waals surface area contributed by atoms with Gasteiger partial charge >= 0.3 is 11.9 Å². The lowest BCUT2D eigenvalue weighted by Crippen LogP contribution is -2.71. The van der Waals surface area contributed by atoms with Crippen molar-refractivity contribution in [1.29, 1.82) is 0 Å². The highest BCUT2D eigenvalue weighted by Crippen LogP contribution is 2.40. The van der Waals surface area contributed by atoms with Gasteiger partial charge in [0.15, 0.2) is 5.13 Å². The maximum absolute atomic E-state index is 12.5. The molecule has 0 radical (unpaired) electrons. The van der Waals surface area contributed by atoms with Gasteiger partial charge in [-0.3, -0.25) is 19.3 Å². The molecule has 1 aromatic heterocycles. The molecule has 1 fully saturated rings. The predicted molar refractivity (Wildman–Crippen MR) is 99.8 cm³/mol. The number of thiazole rings is 1. The molecule has 150 valence electrons. The number of anilines is 1. The number of fused-ring (bicyclic) bond motifs is 1. The summed E-state index contributed by atoms with van der Waals surface area (Å²) >= 11 is 2.40. The van der Waals surface area contributed by atoms with Crippen LogP contribution in [-0.2, 0) is 23.9 Å². The number of rotatable bonds is 6. The van der Waals surface area contributed by atoms with Crippen LogP contribution in [0.1, 0.15) is 18.7 Å². The summed E-state index contributed by atoms with van der Waals surface area (Å²) in [6, 6.07) is -2.01. The molecule has 28 heavy (non-hydrogen) atoms. The summed E-state index contributed by atoms with van der Waals surface area (Å²) in [5.74, 6) is -2.81. The zero-order valence-corrected chi connectivity index (χ0v) is 16.2. The fourth-order valence-corrected chi connectivity index (χ4v) is 4.73. The second kappa shape index (κ2) is 7.77. The van der Waals surface area contributed by atoms with Gasteiger partial charge < -0.3 is 26.6 Å². The molecule has 1 unspecified atom stereocenters. The molecule has 11 nitrogen and oxygen atoms in total. The highest BCUT2D eigenvalue weighted by Gasteiger charge is 2.54. The Bertz CT molecular complexity index is 884. The van der Waals surface area contributed by atoms with Crippen LogP contribution in [0.25, 0.3) is 0 Å². The normalized spacial score (nSPS) is 22.2. The third kappa shape index (κ3) is 3.68. The maximum atomic E-state index is 12.5. The van der Waals surface area contributed by atoms with Crippen LogP contribution >= 0.6 is 23.1 Å². The Morgan fingerprint density at radius 1 is 1.50 bits per heavy atom. The molecule has 2 amide bonds. The minimum Gasteiger partial charge on any atom is -0.477 e. The first-order valence-electron chi connectivity index (χ1n) is 8.01. The van der Waals surface area contributed by atoms with E-state index < -0.39 is 41.2 Å². The quantitative estimate of drug-likeness (QED) is 0.326. The van der Waals surface area contributed by atoms with Crippen LogP contribution in [0.3, 0.4) is 0 Å². The number of ether oxygens (including phenoxy) is 1. The van der Waals surface area contributed by atoms with Gasteiger partial charge in [0.2, 0.25) is 5.91 Å². The van der Waals surface area contributed by atoms with Crippen molar-refractivity contribution in [3.63, 3.8) is 0 Å². The zero-order valence-electron chi connectivity index (χ0n) is 14.6. The number of esters is 1. The number of hydrogen-bond acceptors (Lipinski definition) is 10. The Labute approximate surface area is 167 Å². The molecular formula is C15H17N5O6S2. The van der Waals surface area contributed by atoms with E-state index in [-0.39, 0.29) is 28.9 Å². The minimum atomic E-state index is -1.31. The summed E-state index contributed by atoms with van der Waals surface area (Å²) < 4.78 is 4.86. The third-order valence-electron chi connectivity index (χ3n) is 4.14. The van der Waals surface area contributed by atoms with E-state index in [1.54, 1.807) is 5.38 Å². The zero-order chi connectivity index (χ0) is 20.6. The lowest BCUT2D eigenvalue weighted by molar-refractivity contribution is -0.151. The SMILES string of the molecule is CC(=O)OCC1=C(C(=O)O)N2C(=O)[C@@H](NC(=O)C(N)c3csc(N)n3)[C@H]2SC1. The van der Waals surface area contributed by atoms with E-state index in [0.717, 1.165) is 16.2 Å². The van der Waals surface area contributed by atoms with Gasteiger partial charge in [-0.05, 0) is 0 Å². The Morgan fingerprint density at radius 3 is 2.79 bits per heavy atom. The van der Waals surface area contributed by atoms with Crippen molar-refractivity contribution in [2.45, 2.75) is 24.4 Å². The Balaban J connectivity index is 1.72. The Morgan fingerprint density at radius 2 is 2.21 bits per heavy atom. The number of hydrogen-bond donors (Lipinski definition) is 4. The lowest BCUT2D eigenvalue weighted by atomic mass is 10.0. The van der Waals surface area contributed by atoms with Crippen LogP contribution < -0.4 is 16.8 Å². The van der Waals surface area contributed by atoms with Crippen molar-refractivity contribution in [2.24, 2.45) is 5.73 Å². The average Bonchev–Trinajstić information content (AvgIpc) is 3.08. The highest BCUT2D eigenvalue weighted by molar-refractivity contribution is 8.00. The van der Waals surface area contributed by atoms with Gasteiger partial charge in [0.05, 0.1) is 5.69 Å². The smallest absolute Gasteiger partial charge is 0.352 e. The fraction of sp³-hybridized carbons (Fsp3) is 0.400. The molecule has 1 aromatic rings. The van der Waals surface area contributed by atoms with Crippen molar-refractivity contribution in [3.05, 3.63) is 22.3 Å². The highest BCUT2D eigenvalue weighted by atomic mass is 32.2. The number of nitrogens with one attached hydrogen (secondary N) is 1. The van der Waals surface area contributed by atoms with Crippen molar-refractivity contribution >= 4 is 52.0 Å². The van der Waals surface area contributed by atoms with Gasteiger partial charge in [0, 0.05) is 23.6 Å². The van der Waals surface area contributed by atoms with Crippen molar-refractivity contribution in [1.82, 2.24) is 15.2 Å². The topological polar surface area (TPSA) is 178 Å². The second-order valence-electron chi connectivity index (χ2n) is 6.02. The predicted octanol–water partition coefficient (Wildman–Crippen LogP) is -0.973. The van der Waals surface area contributed by atoms with Crippen LogP contribution in [0.5, 0.6) is 0 Å². The van der Waals surface area contributed by atoms with E-state index in [2.05, 4.69) is 10.3 Å². The second-order valence-corrected chi connectivity index (χ2v) is 8.02. The van der Waals surface area contributed by atoms with Gasteiger partial charge in [-0.1, -0.05) is 0 Å². The van der Waals surface area contributed by atoms with Crippen molar-refractivity contribution < 1.29 is 29.0 Å². The summed E-state index contributed by atoms with van der Waals surface area (Å²) in [4.78, 5) is 52.5. The summed E-state index contributed by atoms with van der Waals surface area (Å²) in [6.45, 7) is 0.993. The largest absolute Gasteiger partial charge is 0.477 e. The number of β-lactam (4-membered cyclic amide) rings is 1. The number of amides is 2. The van der Waals surface area contributed by atoms with Gasteiger partial charge in [0.25, 0.3) is 5.91 Å². The van der Waals surface area contributed by atoms with E-state index in [4.69, 9.17) is 16.2 Å². The lowest BCUT2D eigenvalue weighted by Gasteiger charge is -2.49. The number of carboxylic acids is 1. The van der Waals surface area contributed by atoms with Crippen LogP contribution in [0, 0.1) is 0 Å². The number of nitrogens with two attached hydrogens (primary N) is 2. The van der Waals surface area contributed by atoms with Crippen LogP contribution in [-0.4, -0.2) is 62.5 Å². The molecule has 6 N–H and O–H groups in total. The van der Waals surface area contributed by atoms with Crippen LogP contribution in [0.15, 0.2) is 16.7 Å². The molecule has 13 heteroatoms. The van der Waals surface area contributed by atoms with Crippen LogP contribution in [0.2, 0.25) is 0 Å². The van der Waals surface area contributed by atoms with E-state index in [1.807, 2.05) is 0 Å². The van der Waals surface area contributed by atoms with E-state index in [0.29, 0.717) is 5.57 Å². The standard InChI is InChI=1S/C15H17N5O6S2/c1-5(21)26-2-6-3-27-13-9(12(23)20(13)10(6)14(24)25)19-11(22)8(16)7-4-28-15(17)18-7/h4,8-9,13H,2-3,16H2,1H3,(H2,17,18)(H,19,22)(H,24,25)/t8?,9-,13-/m1/s1. The molecule has 0 aromatic carbocycles. The molecule has 0 aliphatic carbocycles. The van der Waals surface area contributed by atoms with Crippen LogP contribution in [0.4, 0.5) is 5.13 Å². The van der Waals surface area contributed by atoms with Crippen molar-refractivity contribution in [3.8, 4) is 0 Å². The molecule has 3 heterocycles. The number of aliphatic carboxylic acids is 1. The number of carbonyl (C=O) groups excluding carboxylic acids is 3. The first-order valence-corrected chi connectivity index (χ1v) is 9.93. The molecule has 2 aliphatic rings. The molecule has 0 bridgehead atoms. The van der Waals surface area contributed by atoms with Gasteiger partial charge in [-0.2, -0.15) is 0 Å². The van der Waals surface area contributed by atoms with Gasteiger partial charge in [-0.25, -0.2) is 9.78 Å².